The number of aromatic nitrogens is 5. The Kier molecular flexibility index (Phi) is 3.00. The molecule has 1 aliphatic rings. The van der Waals surface area contributed by atoms with Crippen LogP contribution in [0.25, 0.3) is 10.2 Å². The second-order valence-electron chi connectivity index (χ2n) is 5.11. The normalized spacial score (nSPS) is 13.9. The Morgan fingerprint density at radius 3 is 3.10 bits per heavy atom. The van der Waals surface area contributed by atoms with Crippen molar-refractivity contribution in [2.24, 2.45) is 0 Å². The summed E-state index contributed by atoms with van der Waals surface area (Å²) in [6, 6.07) is 0. The van der Waals surface area contributed by atoms with Crippen molar-refractivity contribution in [1.82, 2.24) is 24.5 Å². The van der Waals surface area contributed by atoms with E-state index in [0.717, 1.165) is 29.5 Å². The van der Waals surface area contributed by atoms with Crippen molar-refractivity contribution in [2.45, 2.75) is 32.4 Å². The molecule has 6 nitrogen and oxygen atoms in total. The fourth-order valence-corrected chi connectivity index (χ4v) is 4.49. The molecule has 3 aromatic heterocycles. The first-order valence-corrected chi connectivity index (χ1v) is 8.08. The van der Waals surface area contributed by atoms with E-state index >= 15 is 0 Å². The quantitative estimate of drug-likeness (QED) is 0.749. The molecule has 0 atom stereocenters. The van der Waals surface area contributed by atoms with E-state index in [9.17, 15) is 4.79 Å². The number of hydrogen-bond donors (Lipinski definition) is 1. The van der Waals surface area contributed by atoms with Crippen molar-refractivity contribution in [3.63, 3.8) is 0 Å². The number of nitrogens with zero attached hydrogens (tertiary/aromatic N) is 4. The summed E-state index contributed by atoms with van der Waals surface area (Å²) in [6.07, 6.45) is 6.62. The summed E-state index contributed by atoms with van der Waals surface area (Å²) in [4.78, 5) is 18.2. The molecule has 1 aliphatic carbocycles. The largest absolute Gasteiger partial charge is 0.323 e. The third kappa shape index (κ3) is 2.06. The lowest BCUT2D eigenvalue weighted by atomic mass is 10.2. The molecule has 0 aromatic carbocycles. The van der Waals surface area contributed by atoms with Gasteiger partial charge >= 0.3 is 0 Å². The van der Waals surface area contributed by atoms with Crippen molar-refractivity contribution in [1.29, 1.82) is 0 Å². The first-order chi connectivity index (χ1) is 10.2. The maximum Gasteiger partial charge on any atom is 0.263 e. The number of rotatable bonds is 3. The minimum Gasteiger partial charge on any atom is -0.323 e. The zero-order valence-corrected chi connectivity index (χ0v) is 12.8. The highest BCUT2D eigenvalue weighted by Gasteiger charge is 2.21. The molecule has 8 heteroatoms. The van der Waals surface area contributed by atoms with Gasteiger partial charge in [0.2, 0.25) is 0 Å². The zero-order chi connectivity index (χ0) is 14.4. The Labute approximate surface area is 129 Å². The Balaban J connectivity index is 1.81. The molecule has 0 saturated carbocycles. The topological polar surface area (TPSA) is 68.5 Å². The molecule has 0 saturated heterocycles. The summed E-state index contributed by atoms with van der Waals surface area (Å²) in [5, 5.41) is 8.50. The SMILES string of the molecule is O=c1c2c3c(sc2[nH]c(=S)n1CCn1ccnn1)CCC3. The van der Waals surface area contributed by atoms with E-state index in [2.05, 4.69) is 15.3 Å². The van der Waals surface area contributed by atoms with Crippen LogP contribution < -0.4 is 5.56 Å². The summed E-state index contributed by atoms with van der Waals surface area (Å²) >= 11 is 7.01. The Morgan fingerprint density at radius 2 is 2.29 bits per heavy atom. The molecule has 3 heterocycles. The second kappa shape index (κ2) is 4.88. The fourth-order valence-electron chi connectivity index (χ4n) is 2.87. The molecule has 0 radical (unpaired) electrons. The zero-order valence-electron chi connectivity index (χ0n) is 11.2. The van der Waals surface area contributed by atoms with Gasteiger partial charge in [0.15, 0.2) is 4.77 Å². The number of hydrogen-bond acceptors (Lipinski definition) is 5. The summed E-state index contributed by atoms with van der Waals surface area (Å²) in [6.45, 7) is 1.08. The maximum absolute atomic E-state index is 12.8. The molecule has 1 N–H and O–H groups in total. The van der Waals surface area contributed by atoms with Crippen LogP contribution in [0.5, 0.6) is 0 Å². The second-order valence-corrected chi connectivity index (χ2v) is 6.61. The molecule has 0 amide bonds. The van der Waals surface area contributed by atoms with E-state index in [1.54, 1.807) is 33.0 Å². The lowest BCUT2D eigenvalue weighted by Gasteiger charge is -2.06. The first kappa shape index (κ1) is 12.9. The van der Waals surface area contributed by atoms with Gasteiger partial charge < -0.3 is 4.98 Å². The number of aryl methyl sites for hydroxylation is 3. The average molecular weight is 319 g/mol. The van der Waals surface area contributed by atoms with Gasteiger partial charge in [-0.05, 0) is 37.0 Å². The van der Waals surface area contributed by atoms with Crippen LogP contribution in [0.4, 0.5) is 0 Å². The Bertz CT molecular complexity index is 919. The van der Waals surface area contributed by atoms with Crippen molar-refractivity contribution >= 4 is 33.8 Å². The highest BCUT2D eigenvalue weighted by atomic mass is 32.1. The molecule has 21 heavy (non-hydrogen) atoms. The summed E-state index contributed by atoms with van der Waals surface area (Å²) < 4.78 is 3.81. The lowest BCUT2D eigenvalue weighted by Crippen LogP contribution is -2.24. The first-order valence-electron chi connectivity index (χ1n) is 6.85. The number of thiophene rings is 1. The summed E-state index contributed by atoms with van der Waals surface area (Å²) in [5.41, 5.74) is 1.24. The number of nitrogens with one attached hydrogen (secondary N) is 1. The minimum absolute atomic E-state index is 0.0215. The predicted molar refractivity (Wildman–Crippen MR) is 83.3 cm³/mol. The predicted octanol–water partition coefficient (Wildman–Crippen LogP) is 1.90. The summed E-state index contributed by atoms with van der Waals surface area (Å²) in [5.74, 6) is 0. The van der Waals surface area contributed by atoms with E-state index < -0.39 is 0 Å². The molecule has 0 fully saturated rings. The van der Waals surface area contributed by atoms with Gasteiger partial charge in [0.25, 0.3) is 5.56 Å². The van der Waals surface area contributed by atoms with Crippen LogP contribution in [-0.4, -0.2) is 24.5 Å². The Hall–Kier alpha value is -1.80. The number of H-pyrrole nitrogens is 1. The fraction of sp³-hybridized carbons (Fsp3) is 0.385. The van der Waals surface area contributed by atoms with Gasteiger partial charge in [-0.15, -0.1) is 16.4 Å². The molecule has 108 valence electrons. The van der Waals surface area contributed by atoms with Crippen molar-refractivity contribution in [3.05, 3.63) is 38.0 Å². The van der Waals surface area contributed by atoms with Crippen molar-refractivity contribution in [2.75, 3.05) is 0 Å². The standard InChI is InChI=1S/C13H13N5OS2/c19-12-10-8-2-1-3-9(8)21-11(10)15-13(20)18(12)7-6-17-5-4-14-16-17/h4-5H,1-3,6-7H2,(H,15,20). The van der Waals surface area contributed by atoms with E-state index in [4.69, 9.17) is 12.2 Å². The van der Waals surface area contributed by atoms with E-state index in [-0.39, 0.29) is 5.56 Å². The minimum atomic E-state index is 0.0215. The molecule has 0 aliphatic heterocycles. The Morgan fingerprint density at radius 1 is 1.38 bits per heavy atom. The average Bonchev–Trinajstić information content (AvgIpc) is 3.13. The van der Waals surface area contributed by atoms with Gasteiger partial charge in [-0.1, -0.05) is 5.21 Å². The molecule has 3 aromatic rings. The summed E-state index contributed by atoms with van der Waals surface area (Å²) in [7, 11) is 0. The van der Waals surface area contributed by atoms with Crippen LogP contribution in [0.1, 0.15) is 16.9 Å². The van der Waals surface area contributed by atoms with E-state index in [1.165, 1.54) is 10.4 Å². The number of aromatic amines is 1. The molecule has 4 rings (SSSR count). The van der Waals surface area contributed by atoms with Crippen LogP contribution in [0.3, 0.4) is 0 Å². The van der Waals surface area contributed by atoms with Gasteiger partial charge in [0.05, 0.1) is 18.1 Å². The van der Waals surface area contributed by atoms with Gasteiger partial charge in [-0.25, -0.2) is 0 Å². The highest BCUT2D eigenvalue weighted by Crippen LogP contribution is 2.34. The molecular weight excluding hydrogens is 306 g/mol. The monoisotopic (exact) mass is 319 g/mol. The lowest BCUT2D eigenvalue weighted by molar-refractivity contribution is 0.505. The molecule has 0 spiro atoms. The van der Waals surface area contributed by atoms with Crippen LogP contribution >= 0.6 is 23.6 Å². The third-order valence-electron chi connectivity index (χ3n) is 3.87. The van der Waals surface area contributed by atoms with Crippen LogP contribution in [0, 0.1) is 4.77 Å². The van der Waals surface area contributed by atoms with Crippen molar-refractivity contribution < 1.29 is 0 Å². The third-order valence-corrected chi connectivity index (χ3v) is 5.40. The van der Waals surface area contributed by atoms with Gasteiger partial charge in [-0.2, -0.15) is 0 Å². The highest BCUT2D eigenvalue weighted by molar-refractivity contribution is 7.71. The van der Waals surface area contributed by atoms with E-state index in [1.807, 2.05) is 0 Å². The van der Waals surface area contributed by atoms with Crippen LogP contribution in [0.15, 0.2) is 17.2 Å². The van der Waals surface area contributed by atoms with Gasteiger partial charge in [-0.3, -0.25) is 14.0 Å². The van der Waals surface area contributed by atoms with Gasteiger partial charge in [0.1, 0.15) is 4.83 Å². The van der Waals surface area contributed by atoms with Crippen molar-refractivity contribution in [3.8, 4) is 0 Å². The van der Waals surface area contributed by atoms with E-state index in [0.29, 0.717) is 17.9 Å². The van der Waals surface area contributed by atoms with Crippen LogP contribution in [-0.2, 0) is 25.9 Å². The molecular formula is C13H13N5OS2. The molecule has 0 bridgehead atoms. The van der Waals surface area contributed by atoms with Gasteiger partial charge in [0, 0.05) is 17.6 Å². The van der Waals surface area contributed by atoms with Crippen LogP contribution in [0.2, 0.25) is 0 Å². The molecule has 0 unspecified atom stereocenters. The smallest absolute Gasteiger partial charge is 0.263 e. The number of fused-ring (bicyclic) bond motifs is 3. The maximum atomic E-state index is 12.8.